The highest BCUT2D eigenvalue weighted by Gasteiger charge is 2.33. The summed E-state index contributed by atoms with van der Waals surface area (Å²) in [5, 5.41) is 2.74. The van der Waals surface area contributed by atoms with Gasteiger partial charge in [-0.1, -0.05) is 15.9 Å². The van der Waals surface area contributed by atoms with Crippen LogP contribution in [0.4, 0.5) is 34.6 Å². The third-order valence-corrected chi connectivity index (χ3v) is 3.94. The molecule has 112 valence electrons. The lowest BCUT2D eigenvalue weighted by atomic mass is 10.2. The zero-order chi connectivity index (χ0) is 15.8. The van der Waals surface area contributed by atoms with Gasteiger partial charge < -0.3 is 11.1 Å². The fourth-order valence-electron chi connectivity index (χ4n) is 1.65. The first-order valence-corrected chi connectivity index (χ1v) is 7.15. The van der Waals surface area contributed by atoms with Gasteiger partial charge in [0.05, 0.1) is 21.4 Å². The van der Waals surface area contributed by atoms with Crippen LogP contribution in [-0.4, -0.2) is 0 Å². The highest BCUT2D eigenvalue weighted by molar-refractivity contribution is 9.10. The number of hydrogen-bond donors (Lipinski definition) is 2. The summed E-state index contributed by atoms with van der Waals surface area (Å²) in [5.41, 5.74) is 5.41. The van der Waals surface area contributed by atoms with Gasteiger partial charge >= 0.3 is 6.18 Å². The molecule has 0 spiro atoms. The van der Waals surface area contributed by atoms with Gasteiger partial charge in [0.15, 0.2) is 0 Å². The molecule has 0 heterocycles. The van der Waals surface area contributed by atoms with Crippen LogP contribution in [0, 0.1) is 5.82 Å². The highest BCUT2D eigenvalue weighted by atomic mass is 79.9. The number of nitrogens with one attached hydrogen (secondary N) is 1. The molecule has 0 aromatic heterocycles. The van der Waals surface area contributed by atoms with Crippen molar-refractivity contribution < 1.29 is 17.6 Å². The Balaban J connectivity index is 2.39. The highest BCUT2D eigenvalue weighted by Crippen LogP contribution is 2.37. The summed E-state index contributed by atoms with van der Waals surface area (Å²) in [6.07, 6.45) is -4.48. The second-order valence-electron chi connectivity index (χ2n) is 4.17. The molecule has 0 radical (unpaired) electrons. The number of nitrogen functional groups attached to an aromatic ring is 1. The maximum Gasteiger partial charge on any atom is 0.417 e. The topological polar surface area (TPSA) is 38.0 Å². The van der Waals surface area contributed by atoms with Crippen molar-refractivity contribution in [1.29, 1.82) is 0 Å². The Kier molecular flexibility index (Phi) is 4.48. The van der Waals surface area contributed by atoms with E-state index in [4.69, 9.17) is 5.73 Å². The summed E-state index contributed by atoms with van der Waals surface area (Å²) >= 11 is 5.85. The summed E-state index contributed by atoms with van der Waals surface area (Å²) in [5.74, 6) is -0.551. The minimum absolute atomic E-state index is 0.0613. The van der Waals surface area contributed by atoms with Gasteiger partial charge in [0.1, 0.15) is 5.82 Å². The van der Waals surface area contributed by atoms with Crippen molar-refractivity contribution in [2.75, 3.05) is 11.1 Å². The minimum Gasteiger partial charge on any atom is -0.397 e. The molecule has 0 aliphatic heterocycles. The number of hydrogen-bond acceptors (Lipinski definition) is 2. The second-order valence-corrected chi connectivity index (χ2v) is 5.88. The first-order valence-electron chi connectivity index (χ1n) is 5.57. The predicted octanol–water partition coefficient (Wildman–Crippen LogP) is 5.70. The van der Waals surface area contributed by atoms with Crippen molar-refractivity contribution in [3.05, 3.63) is 50.7 Å². The Bertz CT molecular complexity index is 687. The molecular formula is C13H8Br2F4N2. The molecular weight excluding hydrogens is 420 g/mol. The molecule has 3 N–H and O–H groups in total. The number of alkyl halides is 3. The normalized spacial score (nSPS) is 11.5. The van der Waals surface area contributed by atoms with Gasteiger partial charge in [-0.2, -0.15) is 13.2 Å². The van der Waals surface area contributed by atoms with Crippen molar-refractivity contribution in [3.8, 4) is 0 Å². The second kappa shape index (κ2) is 5.84. The SMILES string of the molecule is Nc1cc(F)c(Br)cc1Nc1ccc(Br)c(C(F)(F)F)c1. The van der Waals surface area contributed by atoms with Crippen LogP contribution < -0.4 is 11.1 Å². The van der Waals surface area contributed by atoms with E-state index in [-0.39, 0.29) is 20.3 Å². The smallest absolute Gasteiger partial charge is 0.397 e. The summed E-state index contributed by atoms with van der Waals surface area (Å²) < 4.78 is 51.8. The zero-order valence-electron chi connectivity index (χ0n) is 10.2. The number of benzene rings is 2. The number of anilines is 3. The van der Waals surface area contributed by atoms with Gasteiger partial charge in [-0.3, -0.25) is 0 Å². The van der Waals surface area contributed by atoms with E-state index >= 15 is 0 Å². The van der Waals surface area contributed by atoms with Crippen molar-refractivity contribution >= 4 is 48.9 Å². The fourth-order valence-corrected chi connectivity index (χ4v) is 2.46. The average molecular weight is 428 g/mol. The molecule has 0 saturated carbocycles. The summed E-state index contributed by atoms with van der Waals surface area (Å²) in [4.78, 5) is 0. The molecule has 8 heteroatoms. The first-order chi connectivity index (χ1) is 9.68. The lowest BCUT2D eigenvalue weighted by Crippen LogP contribution is -2.07. The Labute approximate surface area is 134 Å². The van der Waals surface area contributed by atoms with Crippen LogP contribution in [-0.2, 0) is 6.18 Å². The van der Waals surface area contributed by atoms with E-state index < -0.39 is 17.6 Å². The Morgan fingerprint density at radius 2 is 1.67 bits per heavy atom. The van der Waals surface area contributed by atoms with E-state index in [1.807, 2.05) is 0 Å². The average Bonchev–Trinajstić information content (AvgIpc) is 2.37. The molecule has 0 amide bonds. The van der Waals surface area contributed by atoms with Crippen LogP contribution in [0.15, 0.2) is 39.3 Å². The summed E-state index contributed by atoms with van der Waals surface area (Å²) in [7, 11) is 0. The van der Waals surface area contributed by atoms with Gasteiger partial charge in [0.2, 0.25) is 0 Å². The molecule has 2 rings (SSSR count). The number of nitrogens with two attached hydrogens (primary N) is 1. The molecule has 0 saturated heterocycles. The zero-order valence-corrected chi connectivity index (χ0v) is 13.4. The van der Waals surface area contributed by atoms with Crippen LogP contribution in [0.3, 0.4) is 0 Å². The van der Waals surface area contributed by atoms with E-state index in [9.17, 15) is 17.6 Å². The van der Waals surface area contributed by atoms with Crippen LogP contribution in [0.1, 0.15) is 5.56 Å². The van der Waals surface area contributed by atoms with Crippen LogP contribution in [0.25, 0.3) is 0 Å². The minimum atomic E-state index is -4.48. The van der Waals surface area contributed by atoms with Crippen molar-refractivity contribution in [3.63, 3.8) is 0 Å². The van der Waals surface area contributed by atoms with Crippen LogP contribution >= 0.6 is 31.9 Å². The van der Waals surface area contributed by atoms with E-state index in [0.717, 1.165) is 12.1 Å². The maximum absolute atomic E-state index is 13.3. The van der Waals surface area contributed by atoms with Gasteiger partial charge in [-0.15, -0.1) is 0 Å². The van der Waals surface area contributed by atoms with Crippen molar-refractivity contribution in [2.45, 2.75) is 6.18 Å². The Hall–Kier alpha value is -1.28. The molecule has 21 heavy (non-hydrogen) atoms. The lowest BCUT2D eigenvalue weighted by Gasteiger charge is -2.14. The molecule has 0 fully saturated rings. The van der Waals surface area contributed by atoms with Gasteiger partial charge in [-0.05, 0) is 40.2 Å². The van der Waals surface area contributed by atoms with E-state index in [1.54, 1.807) is 0 Å². The van der Waals surface area contributed by atoms with E-state index in [1.165, 1.54) is 18.2 Å². The summed E-state index contributed by atoms with van der Waals surface area (Å²) in [6, 6.07) is 6.12. The first kappa shape index (κ1) is 16.1. The lowest BCUT2D eigenvalue weighted by molar-refractivity contribution is -0.138. The number of rotatable bonds is 2. The molecule has 2 nitrogen and oxygen atoms in total. The molecule has 2 aromatic carbocycles. The quantitative estimate of drug-likeness (QED) is 0.476. The molecule has 0 aliphatic carbocycles. The van der Waals surface area contributed by atoms with Gasteiger partial charge in [0.25, 0.3) is 0 Å². The Morgan fingerprint density at radius 3 is 2.29 bits per heavy atom. The van der Waals surface area contributed by atoms with Gasteiger partial charge in [0, 0.05) is 16.2 Å². The molecule has 0 atom stereocenters. The molecule has 2 aromatic rings. The van der Waals surface area contributed by atoms with E-state index in [2.05, 4.69) is 37.2 Å². The van der Waals surface area contributed by atoms with Gasteiger partial charge in [-0.25, -0.2) is 4.39 Å². The number of halogens is 6. The molecule has 0 aliphatic rings. The molecule has 0 unspecified atom stereocenters. The fraction of sp³-hybridized carbons (Fsp3) is 0.0769. The van der Waals surface area contributed by atoms with Crippen LogP contribution in [0.5, 0.6) is 0 Å². The standard InChI is InChI=1S/C13H8Br2F4N2/c14-8-2-1-6(3-7(8)13(17,18)19)21-12-4-9(15)10(16)5-11(12)20/h1-5,21H,20H2. The van der Waals surface area contributed by atoms with Crippen molar-refractivity contribution in [2.24, 2.45) is 0 Å². The van der Waals surface area contributed by atoms with Crippen molar-refractivity contribution in [1.82, 2.24) is 0 Å². The monoisotopic (exact) mass is 426 g/mol. The predicted molar refractivity (Wildman–Crippen MR) is 80.9 cm³/mol. The summed E-state index contributed by atoms with van der Waals surface area (Å²) in [6.45, 7) is 0. The third kappa shape index (κ3) is 3.68. The maximum atomic E-state index is 13.3. The van der Waals surface area contributed by atoms with Crippen LogP contribution in [0.2, 0.25) is 0 Å². The third-order valence-electron chi connectivity index (χ3n) is 2.64. The largest absolute Gasteiger partial charge is 0.417 e. The van der Waals surface area contributed by atoms with E-state index in [0.29, 0.717) is 5.69 Å². The Morgan fingerprint density at radius 1 is 1.00 bits per heavy atom. The molecule has 0 bridgehead atoms.